The van der Waals surface area contributed by atoms with Crippen molar-refractivity contribution < 1.29 is 9.59 Å². The quantitative estimate of drug-likeness (QED) is 0.707. The van der Waals surface area contributed by atoms with Gasteiger partial charge in [0.1, 0.15) is 11.1 Å². The number of aryl methyl sites for hydroxylation is 2. The Morgan fingerprint density at radius 1 is 1.10 bits per heavy atom. The number of thioether (sulfide) groups is 1. The van der Waals surface area contributed by atoms with Crippen LogP contribution < -0.4 is 5.32 Å². The zero-order valence-corrected chi connectivity index (χ0v) is 19.0. The fraction of sp³-hybridized carbons (Fsp3) is 0.667. The molecule has 7 heteroatoms. The number of likely N-dealkylation sites (tertiary alicyclic amines) is 1. The molecule has 0 bridgehead atoms. The number of carbonyl (C=O) groups is 2. The summed E-state index contributed by atoms with van der Waals surface area (Å²) in [7, 11) is 0. The van der Waals surface area contributed by atoms with E-state index in [1.165, 1.54) is 36.6 Å². The van der Waals surface area contributed by atoms with Crippen molar-refractivity contribution in [3.63, 3.8) is 0 Å². The number of piperidine rings is 1. The van der Waals surface area contributed by atoms with Crippen molar-refractivity contribution in [1.82, 2.24) is 15.2 Å². The van der Waals surface area contributed by atoms with Gasteiger partial charge in [0.2, 0.25) is 11.8 Å². The number of nitriles is 1. The van der Waals surface area contributed by atoms with Gasteiger partial charge < -0.3 is 10.2 Å². The first-order valence-corrected chi connectivity index (χ1v) is 12.8. The number of rotatable bonds is 5. The van der Waals surface area contributed by atoms with Gasteiger partial charge >= 0.3 is 0 Å². The van der Waals surface area contributed by atoms with Crippen LogP contribution in [0.15, 0.2) is 11.1 Å². The molecule has 166 valence electrons. The van der Waals surface area contributed by atoms with E-state index < -0.39 is 0 Å². The van der Waals surface area contributed by atoms with E-state index in [1.807, 2.05) is 11.0 Å². The van der Waals surface area contributed by atoms with Crippen molar-refractivity contribution in [3.8, 4) is 6.07 Å². The van der Waals surface area contributed by atoms with Crippen LogP contribution in [0.4, 0.5) is 0 Å². The zero-order chi connectivity index (χ0) is 21.6. The molecule has 0 spiro atoms. The van der Waals surface area contributed by atoms with Gasteiger partial charge in [-0.2, -0.15) is 5.26 Å². The van der Waals surface area contributed by atoms with E-state index in [0.29, 0.717) is 16.5 Å². The number of nitrogens with zero attached hydrogens (tertiary/aromatic N) is 3. The van der Waals surface area contributed by atoms with Crippen molar-refractivity contribution in [1.29, 1.82) is 5.26 Å². The first-order valence-electron chi connectivity index (χ1n) is 11.8. The van der Waals surface area contributed by atoms with Crippen molar-refractivity contribution >= 4 is 23.6 Å². The highest BCUT2D eigenvalue weighted by molar-refractivity contribution is 8.00. The third-order valence-electron chi connectivity index (χ3n) is 6.85. The van der Waals surface area contributed by atoms with Gasteiger partial charge in [-0.15, -0.1) is 0 Å². The Hall–Kier alpha value is -2.07. The second kappa shape index (κ2) is 10.5. The maximum absolute atomic E-state index is 12.7. The van der Waals surface area contributed by atoms with Gasteiger partial charge in [0.15, 0.2) is 0 Å². The van der Waals surface area contributed by atoms with Crippen molar-refractivity contribution in [2.45, 2.75) is 81.7 Å². The summed E-state index contributed by atoms with van der Waals surface area (Å²) < 4.78 is 0. The zero-order valence-electron chi connectivity index (χ0n) is 18.2. The van der Waals surface area contributed by atoms with E-state index in [0.717, 1.165) is 70.2 Å². The Balaban J connectivity index is 1.24. The summed E-state index contributed by atoms with van der Waals surface area (Å²) in [5.41, 5.74) is 2.85. The van der Waals surface area contributed by atoms with Gasteiger partial charge in [0.25, 0.3) is 0 Å². The van der Waals surface area contributed by atoms with Gasteiger partial charge in [-0.05, 0) is 63.0 Å². The van der Waals surface area contributed by atoms with Crippen molar-refractivity contribution in [3.05, 3.63) is 22.9 Å². The van der Waals surface area contributed by atoms with E-state index in [2.05, 4.69) is 11.4 Å². The maximum atomic E-state index is 12.7. The van der Waals surface area contributed by atoms with Crippen molar-refractivity contribution in [2.75, 3.05) is 18.8 Å². The van der Waals surface area contributed by atoms with Gasteiger partial charge in [-0.25, -0.2) is 4.98 Å². The molecule has 1 aliphatic heterocycles. The van der Waals surface area contributed by atoms with Crippen LogP contribution in [0, 0.1) is 17.2 Å². The van der Waals surface area contributed by atoms with Gasteiger partial charge in [-0.1, -0.05) is 31.0 Å². The van der Waals surface area contributed by atoms with E-state index in [1.54, 1.807) is 0 Å². The molecule has 31 heavy (non-hydrogen) atoms. The monoisotopic (exact) mass is 440 g/mol. The Morgan fingerprint density at radius 3 is 2.58 bits per heavy atom. The van der Waals surface area contributed by atoms with Crippen molar-refractivity contribution in [2.24, 2.45) is 5.92 Å². The molecule has 6 nitrogen and oxygen atoms in total. The minimum atomic E-state index is -0.0227. The lowest BCUT2D eigenvalue weighted by molar-refractivity contribution is -0.137. The molecule has 0 radical (unpaired) electrons. The lowest BCUT2D eigenvalue weighted by Gasteiger charge is -2.35. The number of nitrogens with one attached hydrogen (secondary N) is 1. The molecule has 3 aliphatic rings. The van der Waals surface area contributed by atoms with Crippen LogP contribution >= 0.6 is 11.8 Å². The summed E-state index contributed by atoms with van der Waals surface area (Å²) in [6, 6.07) is 4.32. The van der Waals surface area contributed by atoms with Crippen LogP contribution in [0.2, 0.25) is 0 Å². The average Bonchev–Trinajstić information content (AvgIpc) is 2.82. The summed E-state index contributed by atoms with van der Waals surface area (Å²) in [6.07, 6.45) is 11.5. The van der Waals surface area contributed by atoms with Gasteiger partial charge in [0.05, 0.1) is 11.3 Å². The molecule has 2 fully saturated rings. The number of amides is 2. The van der Waals surface area contributed by atoms with E-state index in [4.69, 9.17) is 4.98 Å². The Labute approximate surface area is 189 Å². The van der Waals surface area contributed by atoms with Crippen LogP contribution in [-0.4, -0.2) is 46.6 Å². The van der Waals surface area contributed by atoms with Gasteiger partial charge in [-0.3, -0.25) is 9.59 Å². The molecule has 1 aromatic rings. The lowest BCUT2D eigenvalue weighted by Crippen LogP contribution is -2.48. The number of fused-ring (bicyclic) bond motifs is 1. The third kappa shape index (κ3) is 5.60. The molecule has 0 unspecified atom stereocenters. The summed E-state index contributed by atoms with van der Waals surface area (Å²) in [6.45, 7) is 1.47. The fourth-order valence-corrected chi connectivity index (χ4v) is 5.85. The standard InChI is InChI=1S/C24H32N4O2S/c25-15-19-14-18-8-4-5-9-21(18)27-23(19)31-16-22(29)26-20-10-12-28(13-11-20)24(30)17-6-2-1-3-7-17/h14,17,20H,1-13,16H2,(H,26,29). The number of hydrogen-bond acceptors (Lipinski definition) is 5. The number of pyridine rings is 1. The Bertz CT molecular complexity index is 852. The number of aromatic nitrogens is 1. The highest BCUT2D eigenvalue weighted by Gasteiger charge is 2.29. The normalized spacial score (nSPS) is 20.0. The van der Waals surface area contributed by atoms with Crippen LogP contribution in [0.25, 0.3) is 0 Å². The Morgan fingerprint density at radius 2 is 1.84 bits per heavy atom. The van der Waals surface area contributed by atoms with Crippen LogP contribution in [0.1, 0.15) is 74.6 Å². The first-order chi connectivity index (χ1) is 15.1. The summed E-state index contributed by atoms with van der Waals surface area (Å²) in [5.74, 6) is 0.782. The average molecular weight is 441 g/mol. The number of hydrogen-bond donors (Lipinski definition) is 1. The largest absolute Gasteiger partial charge is 0.353 e. The molecular weight excluding hydrogens is 408 g/mol. The fourth-order valence-electron chi connectivity index (χ4n) is 5.06. The molecule has 2 aliphatic carbocycles. The first kappa shape index (κ1) is 22.1. The molecule has 1 saturated heterocycles. The lowest BCUT2D eigenvalue weighted by atomic mass is 9.87. The minimum absolute atomic E-state index is 0.0227. The predicted molar refractivity (Wildman–Crippen MR) is 121 cm³/mol. The summed E-state index contributed by atoms with van der Waals surface area (Å²) >= 11 is 1.36. The van der Waals surface area contributed by atoms with Crippen LogP contribution in [-0.2, 0) is 22.4 Å². The van der Waals surface area contributed by atoms with E-state index in [-0.39, 0.29) is 23.6 Å². The highest BCUT2D eigenvalue weighted by atomic mass is 32.2. The summed E-state index contributed by atoms with van der Waals surface area (Å²) in [5, 5.41) is 13.3. The third-order valence-corrected chi connectivity index (χ3v) is 7.84. The second-order valence-corrected chi connectivity index (χ2v) is 10.0. The molecule has 4 rings (SSSR count). The molecule has 1 N–H and O–H groups in total. The van der Waals surface area contributed by atoms with Crippen LogP contribution in [0.5, 0.6) is 0 Å². The molecular formula is C24H32N4O2S. The van der Waals surface area contributed by atoms with Crippen LogP contribution in [0.3, 0.4) is 0 Å². The van der Waals surface area contributed by atoms with Gasteiger partial charge in [0, 0.05) is 30.7 Å². The smallest absolute Gasteiger partial charge is 0.230 e. The Kier molecular flexibility index (Phi) is 7.49. The molecule has 2 amide bonds. The van der Waals surface area contributed by atoms with E-state index in [9.17, 15) is 14.9 Å². The number of carbonyl (C=O) groups excluding carboxylic acids is 2. The SMILES string of the molecule is N#Cc1cc2c(nc1SCC(=O)NC1CCN(C(=O)C3CCCCC3)CC1)CCCC2. The molecule has 1 saturated carbocycles. The molecule has 2 heterocycles. The molecule has 1 aromatic heterocycles. The molecule has 0 aromatic carbocycles. The second-order valence-electron chi connectivity index (χ2n) is 9.06. The molecule has 0 atom stereocenters. The topological polar surface area (TPSA) is 86.1 Å². The summed E-state index contributed by atoms with van der Waals surface area (Å²) in [4.78, 5) is 31.9. The van der Waals surface area contributed by atoms with E-state index >= 15 is 0 Å². The minimum Gasteiger partial charge on any atom is -0.353 e. The predicted octanol–water partition coefficient (Wildman–Crippen LogP) is 3.61. The highest BCUT2D eigenvalue weighted by Crippen LogP contribution is 2.28. The maximum Gasteiger partial charge on any atom is 0.230 e.